The highest BCUT2D eigenvalue weighted by Gasteiger charge is 2.33. The van der Waals surface area contributed by atoms with Crippen LogP contribution in [0.5, 0.6) is 17.2 Å². The van der Waals surface area contributed by atoms with E-state index < -0.39 is 11.9 Å². The number of aromatic nitrogens is 1. The van der Waals surface area contributed by atoms with Crippen molar-refractivity contribution in [3.63, 3.8) is 0 Å². The van der Waals surface area contributed by atoms with Gasteiger partial charge in [-0.1, -0.05) is 38.1 Å². The molecule has 0 unspecified atom stereocenters. The number of pyridine rings is 1. The number of primary amides is 1. The van der Waals surface area contributed by atoms with Crippen molar-refractivity contribution in [2.75, 3.05) is 0 Å². The van der Waals surface area contributed by atoms with Crippen molar-refractivity contribution < 1.29 is 23.4 Å². The molecule has 4 rings (SSSR count). The molecule has 0 aliphatic heterocycles. The van der Waals surface area contributed by atoms with Crippen LogP contribution in [0, 0.1) is 5.82 Å². The van der Waals surface area contributed by atoms with E-state index >= 15 is 0 Å². The molecule has 1 aliphatic carbocycles. The summed E-state index contributed by atoms with van der Waals surface area (Å²) in [5.74, 6) is 1.21. The van der Waals surface area contributed by atoms with Crippen LogP contribution in [0.3, 0.4) is 0 Å². The average Bonchev–Trinajstić information content (AvgIpc) is 2.75. The van der Waals surface area contributed by atoms with Gasteiger partial charge in [-0.05, 0) is 51.3 Å². The van der Waals surface area contributed by atoms with E-state index in [9.17, 15) is 9.18 Å². The highest BCUT2D eigenvalue weighted by molar-refractivity contribution is 9.10. The first-order valence-electron chi connectivity index (χ1n) is 10.5. The van der Waals surface area contributed by atoms with E-state index in [1.165, 1.54) is 6.07 Å². The van der Waals surface area contributed by atoms with E-state index in [4.69, 9.17) is 19.9 Å². The van der Waals surface area contributed by atoms with Gasteiger partial charge in [-0.2, -0.15) is 0 Å². The molecule has 8 heteroatoms. The number of nitrogens with zero attached hydrogens (tertiary/aromatic N) is 1. The molecule has 2 N–H and O–H groups in total. The third-order valence-electron chi connectivity index (χ3n) is 5.79. The van der Waals surface area contributed by atoms with Gasteiger partial charge in [0.2, 0.25) is 0 Å². The average molecular weight is 515 g/mol. The fourth-order valence-electron chi connectivity index (χ4n) is 3.73. The van der Waals surface area contributed by atoms with Gasteiger partial charge in [0.15, 0.2) is 5.75 Å². The first kappa shape index (κ1) is 23.0. The lowest BCUT2D eigenvalue weighted by Crippen LogP contribution is -2.41. The number of amides is 1. The second-order valence-electron chi connectivity index (χ2n) is 8.49. The number of carbonyl (C=O) groups is 1. The highest BCUT2D eigenvalue weighted by Crippen LogP contribution is 2.35. The summed E-state index contributed by atoms with van der Waals surface area (Å²) in [5, 5.41) is 0. The zero-order valence-corrected chi connectivity index (χ0v) is 19.8. The summed E-state index contributed by atoms with van der Waals surface area (Å²) in [6.45, 7) is 4.28. The molecule has 2 aromatic carbocycles. The van der Waals surface area contributed by atoms with Crippen molar-refractivity contribution >= 4 is 22.0 Å². The van der Waals surface area contributed by atoms with Crippen molar-refractivity contribution in [3.8, 4) is 17.2 Å². The zero-order valence-electron chi connectivity index (χ0n) is 18.3. The van der Waals surface area contributed by atoms with Crippen LogP contribution in [-0.2, 0) is 10.2 Å². The maximum absolute atomic E-state index is 13.4. The smallest absolute Gasteiger partial charge is 0.404 e. The number of rotatable bonds is 7. The van der Waals surface area contributed by atoms with Crippen LogP contribution >= 0.6 is 15.9 Å². The topological polar surface area (TPSA) is 83.7 Å². The van der Waals surface area contributed by atoms with Gasteiger partial charge in [0.25, 0.3) is 0 Å². The molecule has 1 amide bonds. The van der Waals surface area contributed by atoms with Crippen LogP contribution in [0.15, 0.2) is 65.4 Å². The Kier molecular flexibility index (Phi) is 6.56. The second kappa shape index (κ2) is 9.39. The molecule has 0 spiro atoms. The standard InChI is InChI=1S/C25H24BrFN2O4/c1-25(2,15-3-7-18(8-4-15)31-20-12-21(13-20)33-24(28)30)16-5-9-19(10-6-16)32-22-11-17(27)14-29-23(22)26/h3-11,14,20-21H,12-13H2,1-2H3,(H2,28,30). The maximum atomic E-state index is 13.4. The van der Waals surface area contributed by atoms with E-state index in [-0.39, 0.29) is 17.6 Å². The molecule has 1 heterocycles. The zero-order chi connectivity index (χ0) is 23.6. The molecule has 1 aliphatic rings. The molecule has 1 aromatic heterocycles. The Morgan fingerprint density at radius 3 is 2.18 bits per heavy atom. The Balaban J connectivity index is 1.39. The van der Waals surface area contributed by atoms with E-state index in [0.29, 0.717) is 28.9 Å². The lowest BCUT2D eigenvalue weighted by molar-refractivity contribution is -0.0197. The van der Waals surface area contributed by atoms with E-state index in [2.05, 4.69) is 34.8 Å². The largest absolute Gasteiger partial charge is 0.490 e. The predicted molar refractivity (Wildman–Crippen MR) is 125 cm³/mol. The van der Waals surface area contributed by atoms with Gasteiger partial charge in [-0.15, -0.1) is 0 Å². The predicted octanol–water partition coefficient (Wildman–Crippen LogP) is 6.11. The molecule has 0 radical (unpaired) electrons. The molecule has 1 fully saturated rings. The minimum Gasteiger partial charge on any atom is -0.490 e. The van der Waals surface area contributed by atoms with Gasteiger partial charge in [0.1, 0.15) is 34.1 Å². The van der Waals surface area contributed by atoms with Gasteiger partial charge in [-0.25, -0.2) is 14.2 Å². The Hall–Kier alpha value is -3.13. The second-order valence-corrected chi connectivity index (χ2v) is 9.24. The number of ether oxygens (including phenoxy) is 3. The fraction of sp³-hybridized carbons (Fsp3) is 0.280. The summed E-state index contributed by atoms with van der Waals surface area (Å²) < 4.78 is 30.5. The minimum absolute atomic E-state index is 0.0223. The monoisotopic (exact) mass is 514 g/mol. The summed E-state index contributed by atoms with van der Waals surface area (Å²) in [4.78, 5) is 14.7. The van der Waals surface area contributed by atoms with Crippen LogP contribution in [0.25, 0.3) is 0 Å². The van der Waals surface area contributed by atoms with Crippen molar-refractivity contribution in [1.82, 2.24) is 4.98 Å². The quantitative estimate of drug-likeness (QED) is 0.384. The molecular weight excluding hydrogens is 491 g/mol. The van der Waals surface area contributed by atoms with Crippen LogP contribution in [0.4, 0.5) is 9.18 Å². The fourth-order valence-corrected chi connectivity index (χ4v) is 4.02. The number of hydrogen-bond acceptors (Lipinski definition) is 5. The lowest BCUT2D eigenvalue weighted by Gasteiger charge is -2.34. The third-order valence-corrected chi connectivity index (χ3v) is 6.39. The van der Waals surface area contributed by atoms with Gasteiger partial charge in [0.05, 0.1) is 6.20 Å². The van der Waals surface area contributed by atoms with Crippen LogP contribution in [-0.4, -0.2) is 23.3 Å². The van der Waals surface area contributed by atoms with Crippen LogP contribution < -0.4 is 15.2 Å². The van der Waals surface area contributed by atoms with Gasteiger partial charge < -0.3 is 19.9 Å². The van der Waals surface area contributed by atoms with Gasteiger partial charge in [0, 0.05) is 24.3 Å². The van der Waals surface area contributed by atoms with Crippen molar-refractivity contribution in [2.24, 2.45) is 5.73 Å². The molecular formula is C25H24BrFN2O4. The summed E-state index contributed by atoms with van der Waals surface area (Å²) >= 11 is 3.27. The van der Waals surface area contributed by atoms with Crippen LogP contribution in [0.1, 0.15) is 37.8 Å². The molecule has 33 heavy (non-hydrogen) atoms. The number of nitrogens with two attached hydrogens (primary N) is 1. The summed E-state index contributed by atoms with van der Waals surface area (Å²) in [7, 11) is 0. The van der Waals surface area contributed by atoms with E-state index in [0.717, 1.165) is 23.1 Å². The third kappa shape index (κ3) is 5.45. The first-order valence-corrected chi connectivity index (χ1v) is 11.3. The molecule has 0 atom stereocenters. The molecule has 172 valence electrons. The Labute approximate surface area is 200 Å². The van der Waals surface area contributed by atoms with E-state index in [1.807, 2.05) is 48.5 Å². The first-order chi connectivity index (χ1) is 15.7. The molecule has 0 bridgehead atoms. The molecule has 6 nitrogen and oxygen atoms in total. The number of benzene rings is 2. The van der Waals surface area contributed by atoms with Crippen molar-refractivity contribution in [2.45, 2.75) is 44.3 Å². The molecule has 1 saturated carbocycles. The molecule has 0 saturated heterocycles. The summed E-state index contributed by atoms with van der Waals surface area (Å²) in [6.07, 6.45) is 1.54. The number of halogens is 2. The Bertz CT molecular complexity index is 1130. The van der Waals surface area contributed by atoms with Crippen molar-refractivity contribution in [1.29, 1.82) is 0 Å². The number of hydrogen-bond donors (Lipinski definition) is 1. The van der Waals surface area contributed by atoms with Crippen LogP contribution in [0.2, 0.25) is 0 Å². The Morgan fingerprint density at radius 2 is 1.61 bits per heavy atom. The number of carbonyl (C=O) groups excluding carboxylic acids is 1. The van der Waals surface area contributed by atoms with Gasteiger partial charge >= 0.3 is 6.09 Å². The SMILES string of the molecule is CC(C)(c1ccc(Oc2cc(F)cnc2Br)cc1)c1ccc(OC2CC(OC(N)=O)C2)cc1. The maximum Gasteiger partial charge on any atom is 0.404 e. The summed E-state index contributed by atoms with van der Waals surface area (Å²) in [5.41, 5.74) is 7.01. The van der Waals surface area contributed by atoms with Crippen molar-refractivity contribution in [3.05, 3.63) is 82.3 Å². The normalized spacial score (nSPS) is 17.7. The minimum atomic E-state index is -0.747. The van der Waals surface area contributed by atoms with E-state index in [1.54, 1.807) is 0 Å². The Morgan fingerprint density at radius 1 is 1.03 bits per heavy atom. The highest BCUT2D eigenvalue weighted by atomic mass is 79.9. The summed E-state index contributed by atoms with van der Waals surface area (Å²) in [6, 6.07) is 17.0. The van der Waals surface area contributed by atoms with Gasteiger partial charge in [-0.3, -0.25) is 0 Å². The lowest BCUT2D eigenvalue weighted by atomic mass is 9.78. The molecule has 3 aromatic rings.